The van der Waals surface area contributed by atoms with Gasteiger partial charge in [0.2, 0.25) is 5.91 Å². The molecule has 19 heavy (non-hydrogen) atoms. The van der Waals surface area contributed by atoms with Crippen molar-refractivity contribution in [2.45, 2.75) is 12.5 Å². The molecule has 0 radical (unpaired) electrons. The molecule has 2 aromatic rings. The van der Waals surface area contributed by atoms with E-state index in [9.17, 15) is 9.90 Å². The van der Waals surface area contributed by atoms with Crippen LogP contribution >= 0.6 is 38.9 Å². The molecule has 1 aromatic heterocycles. The van der Waals surface area contributed by atoms with Gasteiger partial charge < -0.3 is 10.4 Å². The van der Waals surface area contributed by atoms with E-state index in [-0.39, 0.29) is 5.91 Å². The largest absolute Gasteiger partial charge is 0.383 e. The van der Waals surface area contributed by atoms with Crippen LogP contribution in [0.3, 0.4) is 0 Å². The number of hydrogen-bond acceptors (Lipinski definition) is 3. The molecule has 1 aliphatic rings. The summed E-state index contributed by atoms with van der Waals surface area (Å²) in [5.74, 6) is -0.0448. The van der Waals surface area contributed by atoms with Gasteiger partial charge in [-0.2, -0.15) is 0 Å². The van der Waals surface area contributed by atoms with Crippen molar-refractivity contribution < 1.29 is 9.90 Å². The van der Waals surface area contributed by atoms with Gasteiger partial charge in [-0.15, -0.1) is 11.3 Å². The van der Waals surface area contributed by atoms with E-state index in [1.54, 1.807) is 12.1 Å². The summed E-state index contributed by atoms with van der Waals surface area (Å²) in [4.78, 5) is 12.2. The second kappa shape index (κ2) is 4.90. The summed E-state index contributed by atoms with van der Waals surface area (Å²) in [5, 5.41) is 13.6. The molecule has 6 heteroatoms. The average Bonchev–Trinajstić information content (AvgIpc) is 2.92. The van der Waals surface area contributed by atoms with Gasteiger partial charge in [0.05, 0.1) is 10.2 Å². The molecule has 0 fully saturated rings. The quantitative estimate of drug-likeness (QED) is 0.859. The number of amides is 1. The molecule has 1 aliphatic heterocycles. The Morgan fingerprint density at radius 3 is 2.89 bits per heavy atom. The summed E-state index contributed by atoms with van der Waals surface area (Å²) in [6.45, 7) is 0. The lowest BCUT2D eigenvalue weighted by Crippen LogP contribution is -2.03. The van der Waals surface area contributed by atoms with Crippen molar-refractivity contribution in [2.24, 2.45) is 0 Å². The van der Waals surface area contributed by atoms with E-state index >= 15 is 0 Å². The second-order valence-electron chi connectivity index (χ2n) is 4.30. The summed E-state index contributed by atoms with van der Waals surface area (Å²) in [5.41, 5.74) is 2.24. The molecular formula is C13H9BrClNO2S. The summed E-state index contributed by atoms with van der Waals surface area (Å²) >= 11 is 11.0. The molecule has 2 heterocycles. The normalized spacial score (nSPS) is 15.2. The molecule has 1 atom stereocenters. The van der Waals surface area contributed by atoms with Crippen LogP contribution in [0, 0.1) is 0 Å². The number of nitrogens with one attached hydrogen (secondary N) is 1. The predicted octanol–water partition coefficient (Wildman–Crippen LogP) is 3.74. The smallest absolute Gasteiger partial charge is 0.228 e. The molecule has 2 N–H and O–H groups in total. The summed E-state index contributed by atoms with van der Waals surface area (Å²) in [6, 6.07) is 7.23. The van der Waals surface area contributed by atoms with Gasteiger partial charge in [0.25, 0.3) is 0 Å². The van der Waals surface area contributed by atoms with Crippen LogP contribution < -0.4 is 5.32 Å². The summed E-state index contributed by atoms with van der Waals surface area (Å²) in [7, 11) is 0. The number of fused-ring (bicyclic) bond motifs is 1. The van der Waals surface area contributed by atoms with Gasteiger partial charge in [-0.1, -0.05) is 11.6 Å². The van der Waals surface area contributed by atoms with Crippen molar-refractivity contribution in [2.75, 3.05) is 5.32 Å². The minimum atomic E-state index is -0.773. The van der Waals surface area contributed by atoms with Crippen LogP contribution in [-0.2, 0) is 11.2 Å². The van der Waals surface area contributed by atoms with Crippen LogP contribution in [0.5, 0.6) is 0 Å². The highest BCUT2D eigenvalue weighted by molar-refractivity contribution is 9.11. The third kappa shape index (κ3) is 2.43. The zero-order valence-corrected chi connectivity index (χ0v) is 12.8. The van der Waals surface area contributed by atoms with Crippen molar-refractivity contribution in [3.8, 4) is 0 Å². The summed E-state index contributed by atoms with van der Waals surface area (Å²) < 4.78 is 0.954. The number of aliphatic hydroxyl groups is 1. The summed E-state index contributed by atoms with van der Waals surface area (Å²) in [6.07, 6.45) is -0.440. The van der Waals surface area contributed by atoms with Crippen molar-refractivity contribution in [3.63, 3.8) is 0 Å². The zero-order chi connectivity index (χ0) is 13.6. The topological polar surface area (TPSA) is 49.3 Å². The molecule has 0 bridgehead atoms. The highest BCUT2D eigenvalue weighted by Gasteiger charge is 2.23. The fraction of sp³-hybridized carbons (Fsp3) is 0.154. The van der Waals surface area contributed by atoms with Gasteiger partial charge in [-0.25, -0.2) is 0 Å². The molecule has 1 aromatic carbocycles. The predicted molar refractivity (Wildman–Crippen MR) is 79.9 cm³/mol. The highest BCUT2D eigenvalue weighted by Crippen LogP contribution is 2.37. The van der Waals surface area contributed by atoms with E-state index < -0.39 is 6.10 Å². The Balaban J connectivity index is 2.02. The maximum atomic E-state index is 11.3. The van der Waals surface area contributed by atoms with Gasteiger partial charge in [0.15, 0.2) is 0 Å². The first-order valence-corrected chi connectivity index (χ1v) is 7.59. The standard InChI is InChI=1S/C13H9BrClNO2S/c14-11-2-1-10(19-11)13(18)7-3-6-4-12(17)16-9(6)5-8(7)15/h1-3,5,13,18H,4H2,(H,16,17). The first-order valence-electron chi connectivity index (χ1n) is 5.60. The van der Waals surface area contributed by atoms with E-state index in [0.29, 0.717) is 17.0 Å². The number of anilines is 1. The Morgan fingerprint density at radius 2 is 2.21 bits per heavy atom. The fourth-order valence-corrected chi connectivity index (χ4v) is 3.80. The molecule has 0 saturated heterocycles. The SMILES string of the molecule is O=C1Cc2cc(C(O)c3ccc(Br)s3)c(Cl)cc2N1. The van der Waals surface area contributed by atoms with Crippen LogP contribution in [0.1, 0.15) is 22.1 Å². The molecule has 1 unspecified atom stereocenters. The Bertz CT molecular complexity index is 671. The van der Waals surface area contributed by atoms with Crippen LogP contribution in [0.25, 0.3) is 0 Å². The van der Waals surface area contributed by atoms with E-state index in [1.165, 1.54) is 11.3 Å². The Hall–Kier alpha value is -0.880. The van der Waals surface area contributed by atoms with Gasteiger partial charge in [-0.05, 0) is 45.8 Å². The molecule has 1 amide bonds. The van der Waals surface area contributed by atoms with E-state index in [0.717, 1.165) is 19.9 Å². The molecular weight excluding hydrogens is 350 g/mol. The highest BCUT2D eigenvalue weighted by atomic mass is 79.9. The maximum absolute atomic E-state index is 11.3. The molecule has 0 spiro atoms. The lowest BCUT2D eigenvalue weighted by Gasteiger charge is -2.12. The van der Waals surface area contributed by atoms with E-state index in [1.807, 2.05) is 12.1 Å². The van der Waals surface area contributed by atoms with Crippen molar-refractivity contribution in [3.05, 3.63) is 49.1 Å². The molecule has 0 aliphatic carbocycles. The minimum Gasteiger partial charge on any atom is -0.383 e. The zero-order valence-electron chi connectivity index (χ0n) is 9.61. The molecule has 3 rings (SSSR count). The van der Waals surface area contributed by atoms with Crippen molar-refractivity contribution in [1.82, 2.24) is 0 Å². The van der Waals surface area contributed by atoms with Crippen LogP contribution in [0.4, 0.5) is 5.69 Å². The number of carbonyl (C=O) groups excluding carboxylic acids is 1. The van der Waals surface area contributed by atoms with Gasteiger partial charge in [0.1, 0.15) is 6.10 Å². The minimum absolute atomic E-state index is 0.0448. The number of carbonyl (C=O) groups is 1. The third-order valence-electron chi connectivity index (χ3n) is 3.01. The Labute approximate surface area is 127 Å². The molecule has 98 valence electrons. The first kappa shape index (κ1) is 13.1. The fourth-order valence-electron chi connectivity index (χ4n) is 2.11. The third-order valence-corrected chi connectivity index (χ3v) is 5.01. The number of aliphatic hydroxyl groups excluding tert-OH is 1. The lowest BCUT2D eigenvalue weighted by atomic mass is 10.0. The number of halogens is 2. The number of rotatable bonds is 2. The van der Waals surface area contributed by atoms with Crippen LogP contribution in [0.2, 0.25) is 5.02 Å². The Morgan fingerprint density at radius 1 is 1.42 bits per heavy atom. The van der Waals surface area contributed by atoms with Crippen molar-refractivity contribution >= 4 is 50.5 Å². The second-order valence-corrected chi connectivity index (χ2v) is 7.20. The van der Waals surface area contributed by atoms with Crippen LogP contribution in [0.15, 0.2) is 28.1 Å². The van der Waals surface area contributed by atoms with E-state index in [4.69, 9.17) is 11.6 Å². The monoisotopic (exact) mass is 357 g/mol. The first-order chi connectivity index (χ1) is 9.04. The molecule has 0 saturated carbocycles. The lowest BCUT2D eigenvalue weighted by molar-refractivity contribution is -0.115. The Kier molecular flexibility index (Phi) is 3.39. The van der Waals surface area contributed by atoms with Crippen molar-refractivity contribution in [1.29, 1.82) is 0 Å². The van der Waals surface area contributed by atoms with Gasteiger partial charge in [0, 0.05) is 21.2 Å². The van der Waals surface area contributed by atoms with Crippen LogP contribution in [-0.4, -0.2) is 11.0 Å². The average molecular weight is 359 g/mol. The maximum Gasteiger partial charge on any atom is 0.228 e. The van der Waals surface area contributed by atoms with Gasteiger partial charge in [-0.3, -0.25) is 4.79 Å². The van der Waals surface area contributed by atoms with E-state index in [2.05, 4.69) is 21.2 Å². The number of benzene rings is 1. The van der Waals surface area contributed by atoms with Gasteiger partial charge >= 0.3 is 0 Å². The number of thiophene rings is 1. The number of hydrogen-bond donors (Lipinski definition) is 2. The molecule has 3 nitrogen and oxygen atoms in total.